The molecule has 39 heavy (non-hydrogen) atoms. The number of methoxy groups -OCH3 is 1. The van der Waals surface area contributed by atoms with Crippen LogP contribution in [-0.4, -0.2) is 67.2 Å². The number of hydrogen-bond donors (Lipinski definition) is 4. The van der Waals surface area contributed by atoms with Gasteiger partial charge in [0.2, 0.25) is 0 Å². The van der Waals surface area contributed by atoms with E-state index in [1.165, 1.54) is 16.2 Å². The first-order valence-corrected chi connectivity index (χ1v) is 14.9. The third-order valence-corrected chi connectivity index (χ3v) is 8.55. The molecule has 0 aromatic carbocycles. The average molecular weight is 562 g/mol. The van der Waals surface area contributed by atoms with Crippen molar-refractivity contribution in [3.05, 3.63) is 21.4 Å². The second-order valence-electron chi connectivity index (χ2n) is 12.1. The van der Waals surface area contributed by atoms with E-state index in [9.17, 15) is 9.59 Å². The van der Waals surface area contributed by atoms with Gasteiger partial charge >= 0.3 is 6.09 Å². The summed E-state index contributed by atoms with van der Waals surface area (Å²) in [5.41, 5.74) is 7.35. The van der Waals surface area contributed by atoms with Gasteiger partial charge in [0, 0.05) is 48.5 Å². The smallest absolute Gasteiger partial charge is 0.407 e. The van der Waals surface area contributed by atoms with Crippen LogP contribution in [0.1, 0.15) is 80.9 Å². The number of allylic oxidation sites excluding steroid dienone is 1. The zero-order valence-corrected chi connectivity index (χ0v) is 25.4. The third kappa shape index (κ3) is 8.20. The number of thiophene rings is 1. The van der Waals surface area contributed by atoms with Crippen LogP contribution in [0.5, 0.6) is 0 Å². The van der Waals surface area contributed by atoms with Crippen LogP contribution >= 0.6 is 11.3 Å². The number of likely N-dealkylation sites (tertiary alicyclic amines) is 1. The summed E-state index contributed by atoms with van der Waals surface area (Å²) >= 11 is 1.50. The van der Waals surface area contributed by atoms with E-state index in [0.717, 1.165) is 24.8 Å². The number of carbonyl (C=O) groups is 2. The molecule has 2 heterocycles. The monoisotopic (exact) mass is 561 g/mol. The minimum Gasteiger partial charge on any atom is -0.444 e. The quantitative estimate of drug-likeness (QED) is 0.237. The molecule has 5 atom stereocenters. The lowest BCUT2D eigenvalue weighted by Gasteiger charge is -2.28. The van der Waals surface area contributed by atoms with Crippen LogP contribution in [0.4, 0.5) is 10.5 Å². The van der Waals surface area contributed by atoms with Crippen molar-refractivity contribution < 1.29 is 19.1 Å². The molecule has 4 unspecified atom stereocenters. The molecule has 1 aliphatic heterocycles. The number of nitrogens with one attached hydrogen (secondary N) is 3. The van der Waals surface area contributed by atoms with E-state index < -0.39 is 11.7 Å². The molecule has 218 valence electrons. The number of hydrogen-bond acceptors (Lipinski definition) is 7. The van der Waals surface area contributed by atoms with Crippen molar-refractivity contribution >= 4 is 40.9 Å². The van der Waals surface area contributed by atoms with Crippen molar-refractivity contribution in [1.29, 1.82) is 5.41 Å². The molecule has 1 saturated heterocycles. The second-order valence-corrected chi connectivity index (χ2v) is 13.2. The van der Waals surface area contributed by atoms with E-state index in [1.54, 1.807) is 7.11 Å². The van der Waals surface area contributed by atoms with Gasteiger partial charge < -0.3 is 30.7 Å². The molecule has 9 nitrogen and oxygen atoms in total. The van der Waals surface area contributed by atoms with Crippen LogP contribution < -0.4 is 16.4 Å². The number of alkyl carbamates (subject to hydrolysis) is 1. The molecule has 2 aliphatic rings. The maximum absolute atomic E-state index is 13.3. The fourth-order valence-corrected chi connectivity index (χ4v) is 6.65. The standard InChI is InChI=1S/C29H47N5O4S/c1-8-9-20(32-27(35)25-24(30)21-11-10-17(2)12-23(21)39-25)13-18(3)26(31)34-14-19(16-37-7)22(15-34)33-28(36)38-29(4,5)6/h10-11,17-20,22,31H,8-9,12-16,30H2,1-7H3,(H,32,35)(H,33,36)/t17?,18?,19?,20-,22?/m1/s1. The van der Waals surface area contributed by atoms with E-state index in [2.05, 4.69) is 30.6 Å². The Labute approximate surface area is 237 Å². The maximum atomic E-state index is 13.3. The van der Waals surface area contributed by atoms with Gasteiger partial charge in [0.15, 0.2) is 0 Å². The molecule has 1 aromatic rings. The molecule has 10 heteroatoms. The number of nitrogen functional groups attached to an aromatic ring is 1. The van der Waals surface area contributed by atoms with Crippen LogP contribution in [0.2, 0.25) is 0 Å². The number of anilines is 1. The number of fused-ring (bicyclic) bond motifs is 1. The van der Waals surface area contributed by atoms with Crippen LogP contribution in [0, 0.1) is 23.2 Å². The molecule has 0 radical (unpaired) electrons. The van der Waals surface area contributed by atoms with Gasteiger partial charge in [0.05, 0.1) is 24.2 Å². The molecule has 3 rings (SSSR count). The molecule has 1 aliphatic carbocycles. The van der Waals surface area contributed by atoms with Gasteiger partial charge in [-0.1, -0.05) is 39.3 Å². The minimum atomic E-state index is -0.582. The van der Waals surface area contributed by atoms with Gasteiger partial charge in [0.25, 0.3) is 5.91 Å². The molecular weight excluding hydrogens is 514 g/mol. The number of ether oxygens (including phenoxy) is 2. The van der Waals surface area contributed by atoms with Crippen molar-refractivity contribution in [3.63, 3.8) is 0 Å². The molecule has 0 saturated carbocycles. The zero-order valence-electron chi connectivity index (χ0n) is 24.6. The molecule has 5 N–H and O–H groups in total. The fraction of sp³-hybridized carbons (Fsp3) is 0.690. The summed E-state index contributed by atoms with van der Waals surface area (Å²) in [4.78, 5) is 29.5. The number of carbonyl (C=O) groups excluding carboxylic acids is 2. The summed E-state index contributed by atoms with van der Waals surface area (Å²) in [7, 11) is 1.65. The lowest BCUT2D eigenvalue weighted by atomic mass is 9.96. The van der Waals surface area contributed by atoms with Gasteiger partial charge in [-0.3, -0.25) is 10.2 Å². The highest BCUT2D eigenvalue weighted by Gasteiger charge is 2.37. The molecule has 1 fully saturated rings. The maximum Gasteiger partial charge on any atom is 0.407 e. The Kier molecular flexibility index (Phi) is 10.5. The average Bonchev–Trinajstić information content (AvgIpc) is 3.37. The lowest BCUT2D eigenvalue weighted by Crippen LogP contribution is -2.44. The van der Waals surface area contributed by atoms with Crippen molar-refractivity contribution in [2.75, 3.05) is 32.5 Å². The highest BCUT2D eigenvalue weighted by molar-refractivity contribution is 7.15. The van der Waals surface area contributed by atoms with E-state index in [4.69, 9.17) is 20.6 Å². The number of nitrogens with zero attached hydrogens (tertiary/aromatic N) is 1. The minimum absolute atomic E-state index is 0.0471. The van der Waals surface area contributed by atoms with Crippen molar-refractivity contribution in [1.82, 2.24) is 15.5 Å². The van der Waals surface area contributed by atoms with Crippen LogP contribution in [-0.2, 0) is 15.9 Å². The Morgan fingerprint density at radius 1 is 1.31 bits per heavy atom. The Morgan fingerprint density at radius 3 is 2.67 bits per heavy atom. The van der Waals surface area contributed by atoms with Gasteiger partial charge in [0.1, 0.15) is 10.5 Å². The number of nitrogens with two attached hydrogens (primary N) is 1. The first kappa shape index (κ1) is 30.9. The molecule has 0 spiro atoms. The van der Waals surface area contributed by atoms with E-state index in [1.807, 2.05) is 38.7 Å². The Morgan fingerprint density at radius 2 is 2.03 bits per heavy atom. The van der Waals surface area contributed by atoms with Crippen LogP contribution in [0.25, 0.3) is 6.08 Å². The first-order chi connectivity index (χ1) is 18.3. The van der Waals surface area contributed by atoms with Crippen molar-refractivity contribution in [2.24, 2.45) is 17.8 Å². The Bertz CT molecular complexity index is 1060. The SMILES string of the molecule is CCC[C@H](CC(C)C(=N)N1CC(COC)C(NC(=O)OC(C)(C)C)C1)NC(=O)c1sc2c(c1N)C=CC(C)C2. The van der Waals surface area contributed by atoms with Crippen molar-refractivity contribution in [3.8, 4) is 0 Å². The topological polar surface area (TPSA) is 130 Å². The van der Waals surface area contributed by atoms with Gasteiger partial charge in [-0.15, -0.1) is 11.3 Å². The Hall–Kier alpha value is -2.59. The molecule has 1 aromatic heterocycles. The predicted octanol–water partition coefficient (Wildman–Crippen LogP) is 4.91. The van der Waals surface area contributed by atoms with E-state index in [-0.39, 0.29) is 29.8 Å². The molecule has 2 amide bonds. The molecular formula is C29H47N5O4S. The summed E-state index contributed by atoms with van der Waals surface area (Å²) in [6, 6.07) is -0.248. The highest BCUT2D eigenvalue weighted by Crippen LogP contribution is 2.37. The van der Waals surface area contributed by atoms with E-state index in [0.29, 0.717) is 48.4 Å². The second kappa shape index (κ2) is 13.2. The zero-order chi connectivity index (χ0) is 28.9. The lowest BCUT2D eigenvalue weighted by molar-refractivity contribution is 0.0480. The van der Waals surface area contributed by atoms with Gasteiger partial charge in [-0.2, -0.15) is 0 Å². The third-order valence-electron chi connectivity index (χ3n) is 7.31. The fourth-order valence-electron chi connectivity index (χ4n) is 5.40. The van der Waals surface area contributed by atoms with E-state index >= 15 is 0 Å². The number of amides is 2. The first-order valence-electron chi connectivity index (χ1n) is 14.0. The highest BCUT2D eigenvalue weighted by atomic mass is 32.1. The van der Waals surface area contributed by atoms with Crippen LogP contribution in [0.15, 0.2) is 6.08 Å². The summed E-state index contributed by atoms with van der Waals surface area (Å²) < 4.78 is 10.9. The van der Waals surface area contributed by atoms with Gasteiger partial charge in [-0.05, 0) is 46.0 Å². The number of amidine groups is 1. The summed E-state index contributed by atoms with van der Waals surface area (Å²) in [5.74, 6) is 0.784. The Balaban J connectivity index is 1.62. The molecule has 0 bridgehead atoms. The summed E-state index contributed by atoms with van der Waals surface area (Å²) in [6.07, 6.45) is 7.02. The summed E-state index contributed by atoms with van der Waals surface area (Å²) in [5, 5.41) is 15.1. The van der Waals surface area contributed by atoms with Gasteiger partial charge in [-0.25, -0.2) is 4.79 Å². The summed E-state index contributed by atoms with van der Waals surface area (Å²) in [6.45, 7) is 13.4. The normalized spacial score (nSPS) is 22.2. The largest absolute Gasteiger partial charge is 0.444 e. The number of rotatable bonds is 10. The predicted molar refractivity (Wildman–Crippen MR) is 158 cm³/mol. The van der Waals surface area contributed by atoms with Crippen LogP contribution in [0.3, 0.4) is 0 Å². The van der Waals surface area contributed by atoms with Crippen molar-refractivity contribution in [2.45, 2.75) is 84.9 Å².